The van der Waals surface area contributed by atoms with Crippen LogP contribution in [0.2, 0.25) is 0 Å². The molecule has 1 aliphatic rings. The lowest BCUT2D eigenvalue weighted by molar-refractivity contribution is 0.0221. The molecule has 1 unspecified atom stereocenters. The van der Waals surface area contributed by atoms with Gasteiger partial charge >= 0.3 is 18.2 Å². The number of carbonyl (C=O) groups excluding carboxylic acids is 4. The average Bonchev–Trinajstić information content (AvgIpc) is 3.49. The second kappa shape index (κ2) is 11.0. The third-order valence-corrected chi connectivity index (χ3v) is 6.59. The molecular weight excluding hydrogens is 531 g/mol. The van der Waals surface area contributed by atoms with E-state index in [4.69, 9.17) is 15.6 Å². The van der Waals surface area contributed by atoms with Crippen LogP contribution in [0, 0.1) is 5.82 Å². The van der Waals surface area contributed by atoms with E-state index in [0.29, 0.717) is 19.4 Å². The minimum Gasteiger partial charge on any atom is -0.465 e. The molecule has 2 aromatic carbocycles. The van der Waals surface area contributed by atoms with E-state index >= 15 is 4.39 Å². The highest BCUT2D eigenvalue weighted by Crippen LogP contribution is 2.39. The third kappa shape index (κ3) is 5.96. The van der Waals surface area contributed by atoms with Crippen LogP contribution in [0.15, 0.2) is 36.4 Å². The van der Waals surface area contributed by atoms with Crippen LogP contribution in [-0.4, -0.2) is 58.7 Å². The van der Waals surface area contributed by atoms with E-state index in [2.05, 4.69) is 0 Å². The number of nitrogens with zero attached hydrogens (tertiary/aromatic N) is 2. The van der Waals surface area contributed by atoms with E-state index < -0.39 is 47.5 Å². The molecule has 0 bridgehead atoms. The van der Waals surface area contributed by atoms with Crippen molar-refractivity contribution in [3.8, 4) is 11.3 Å². The highest BCUT2D eigenvalue weighted by Gasteiger charge is 2.35. The number of hydrogen-bond donors (Lipinski definition) is 0. The first kappa shape index (κ1) is 28.3. The van der Waals surface area contributed by atoms with Gasteiger partial charge in [-0.25, -0.2) is 23.3 Å². The summed E-state index contributed by atoms with van der Waals surface area (Å²) in [6.07, 6.45) is -1.44. The molecule has 4 rings (SSSR count). The smallest absolute Gasteiger partial charge is 0.419 e. The quantitative estimate of drug-likeness (QED) is 0.192. The minimum absolute atomic E-state index is 0.0154. The molecule has 10 heteroatoms. The van der Waals surface area contributed by atoms with Crippen LogP contribution in [0.4, 0.5) is 14.0 Å². The summed E-state index contributed by atoms with van der Waals surface area (Å²) >= 11 is 0. The van der Waals surface area contributed by atoms with Gasteiger partial charge in [0, 0.05) is 28.6 Å². The standard InChI is InChI=1S/C31H35FN2O7/c1-30(2,3)40-28(37)33-15-9-12-23(33)19-14-13-18(16-22(19)32)26-21(17-35)25-20(27(36)39-7)10-8-11-24(25)34(26)29(38)41-31(4,5)6/h8,10-11,13-14,16-17,23H,9,12,15H2,1-7H3/i17D. The number of likely N-dealkylation sites (tertiary alicyclic amines) is 1. The second-order valence-corrected chi connectivity index (χ2v) is 11.9. The third-order valence-electron chi connectivity index (χ3n) is 6.59. The Labute approximate surface area is 239 Å². The first-order valence-electron chi connectivity index (χ1n) is 13.8. The number of ether oxygens (including phenoxy) is 3. The molecule has 3 aromatic rings. The van der Waals surface area contributed by atoms with Crippen LogP contribution >= 0.6 is 0 Å². The fourth-order valence-electron chi connectivity index (χ4n) is 5.06. The lowest BCUT2D eigenvalue weighted by Gasteiger charge is -2.29. The van der Waals surface area contributed by atoms with Gasteiger partial charge in [0.15, 0.2) is 6.26 Å². The summed E-state index contributed by atoms with van der Waals surface area (Å²) < 4.78 is 41.1. The molecule has 0 spiro atoms. The topological polar surface area (TPSA) is 104 Å². The van der Waals surface area contributed by atoms with Gasteiger partial charge in [0.1, 0.15) is 18.4 Å². The number of fused-ring (bicyclic) bond motifs is 1. The van der Waals surface area contributed by atoms with Crippen molar-refractivity contribution in [3.05, 3.63) is 58.9 Å². The summed E-state index contributed by atoms with van der Waals surface area (Å²) in [6.45, 7) is 10.7. The Morgan fingerprint density at radius 3 is 2.27 bits per heavy atom. The van der Waals surface area contributed by atoms with Gasteiger partial charge < -0.3 is 19.1 Å². The SMILES string of the molecule is [2H]C(=O)c1c(-c2ccc(C3CCCN3C(=O)OC(C)(C)C)c(F)c2)n(C(=O)OC(C)(C)C)c2cccc(C(=O)OC)c12. The molecule has 1 fully saturated rings. The molecule has 1 atom stereocenters. The Morgan fingerprint density at radius 2 is 1.68 bits per heavy atom. The zero-order valence-electron chi connectivity index (χ0n) is 25.3. The molecule has 9 nitrogen and oxygen atoms in total. The number of hydrogen-bond acceptors (Lipinski definition) is 7. The van der Waals surface area contributed by atoms with Crippen molar-refractivity contribution in [2.75, 3.05) is 13.7 Å². The van der Waals surface area contributed by atoms with Crippen LogP contribution in [0.25, 0.3) is 22.2 Å². The molecule has 218 valence electrons. The van der Waals surface area contributed by atoms with Gasteiger partial charge in [-0.15, -0.1) is 0 Å². The molecule has 1 saturated heterocycles. The fourth-order valence-corrected chi connectivity index (χ4v) is 5.06. The first-order valence-corrected chi connectivity index (χ1v) is 13.3. The predicted molar refractivity (Wildman–Crippen MR) is 151 cm³/mol. The van der Waals surface area contributed by atoms with Crippen LogP contribution in [0.5, 0.6) is 0 Å². The molecule has 0 saturated carbocycles. The van der Waals surface area contributed by atoms with Crippen LogP contribution in [0.3, 0.4) is 0 Å². The maximum atomic E-state index is 15.9. The maximum Gasteiger partial charge on any atom is 0.419 e. The van der Waals surface area contributed by atoms with Gasteiger partial charge in [-0.2, -0.15) is 0 Å². The molecule has 1 aromatic heterocycles. The Balaban J connectivity index is 1.93. The number of rotatable bonds is 4. The van der Waals surface area contributed by atoms with Crippen molar-refractivity contribution in [2.24, 2.45) is 0 Å². The van der Waals surface area contributed by atoms with Crippen molar-refractivity contribution in [3.63, 3.8) is 0 Å². The molecule has 0 aliphatic carbocycles. The van der Waals surface area contributed by atoms with Crippen LogP contribution < -0.4 is 0 Å². The molecule has 1 amide bonds. The summed E-state index contributed by atoms with van der Waals surface area (Å²) in [4.78, 5) is 53.4. The number of aldehydes is 1. The minimum atomic E-state index is -1.19. The number of halogens is 1. The molecule has 2 heterocycles. The van der Waals surface area contributed by atoms with Crippen molar-refractivity contribution < 1.29 is 39.1 Å². The average molecular weight is 568 g/mol. The number of benzene rings is 2. The van der Waals surface area contributed by atoms with E-state index in [-0.39, 0.29) is 38.9 Å². The van der Waals surface area contributed by atoms with Crippen molar-refractivity contribution in [2.45, 2.75) is 71.6 Å². The number of carbonyl (C=O) groups is 4. The Hall–Kier alpha value is -4.21. The van der Waals surface area contributed by atoms with Gasteiger partial charge in [0.25, 0.3) is 0 Å². The summed E-state index contributed by atoms with van der Waals surface area (Å²) in [7, 11) is 1.17. The zero-order valence-corrected chi connectivity index (χ0v) is 24.3. The van der Waals surface area contributed by atoms with Crippen molar-refractivity contribution in [1.82, 2.24) is 9.47 Å². The van der Waals surface area contributed by atoms with Crippen LogP contribution in [-0.2, 0) is 14.2 Å². The van der Waals surface area contributed by atoms with Gasteiger partial charge in [-0.3, -0.25) is 4.79 Å². The molecule has 0 N–H and O–H groups in total. The summed E-state index contributed by atoms with van der Waals surface area (Å²) in [5, 5.41) is 0.0154. The normalized spacial score (nSPS) is 16.0. The van der Waals surface area contributed by atoms with E-state index in [0.717, 1.165) is 10.6 Å². The lowest BCUT2D eigenvalue weighted by Crippen LogP contribution is -2.36. The van der Waals surface area contributed by atoms with Crippen molar-refractivity contribution in [1.29, 1.82) is 0 Å². The largest absolute Gasteiger partial charge is 0.465 e. The maximum absolute atomic E-state index is 15.9. The number of esters is 1. The van der Waals surface area contributed by atoms with Crippen molar-refractivity contribution >= 4 is 35.3 Å². The highest BCUT2D eigenvalue weighted by molar-refractivity contribution is 6.16. The Bertz CT molecular complexity index is 1580. The summed E-state index contributed by atoms with van der Waals surface area (Å²) in [5.41, 5.74) is -1.60. The fraction of sp³-hybridized carbons (Fsp3) is 0.419. The second-order valence-electron chi connectivity index (χ2n) is 11.9. The Kier molecular flexibility index (Phi) is 7.59. The van der Waals surface area contributed by atoms with E-state index in [1.54, 1.807) is 41.5 Å². The van der Waals surface area contributed by atoms with Gasteiger partial charge in [-0.05, 0) is 72.6 Å². The monoisotopic (exact) mass is 567 g/mol. The number of amides is 1. The van der Waals surface area contributed by atoms with E-state index in [1.165, 1.54) is 42.3 Å². The summed E-state index contributed by atoms with van der Waals surface area (Å²) in [5.74, 6) is -1.45. The van der Waals surface area contributed by atoms with Gasteiger partial charge in [0.2, 0.25) is 0 Å². The lowest BCUT2D eigenvalue weighted by atomic mass is 9.98. The van der Waals surface area contributed by atoms with Gasteiger partial charge in [0.05, 0.1) is 29.9 Å². The number of aromatic nitrogens is 1. The van der Waals surface area contributed by atoms with E-state index in [1.807, 2.05) is 0 Å². The van der Waals surface area contributed by atoms with Gasteiger partial charge in [-0.1, -0.05) is 18.2 Å². The predicted octanol–water partition coefficient (Wildman–Crippen LogP) is 6.90. The van der Waals surface area contributed by atoms with Crippen LogP contribution in [0.1, 0.15) is 88.1 Å². The molecule has 0 radical (unpaired) electrons. The number of methoxy groups -OCH3 is 1. The van der Waals surface area contributed by atoms with E-state index in [9.17, 15) is 19.2 Å². The first-order chi connectivity index (χ1) is 19.5. The molecule has 1 aliphatic heterocycles. The summed E-state index contributed by atoms with van der Waals surface area (Å²) in [6, 6.07) is 8.02. The Morgan fingerprint density at radius 1 is 1.02 bits per heavy atom. The highest BCUT2D eigenvalue weighted by atomic mass is 19.1. The molecule has 41 heavy (non-hydrogen) atoms. The zero-order chi connectivity index (χ0) is 31.1. The molecular formula is C31H35FN2O7.